The number of ether oxygens (including phenoxy) is 4. The third-order valence-corrected chi connectivity index (χ3v) is 3.88. The Hall–Kier alpha value is -2.95. The second-order valence-electron chi connectivity index (χ2n) is 6.96. The lowest BCUT2D eigenvalue weighted by Gasteiger charge is -2.20. The van der Waals surface area contributed by atoms with Gasteiger partial charge >= 0.3 is 5.97 Å². The van der Waals surface area contributed by atoms with Gasteiger partial charge in [0, 0.05) is 12.1 Å². The first-order valence-corrected chi connectivity index (χ1v) is 8.53. The first kappa shape index (κ1) is 20.4. The topological polar surface area (TPSA) is 54.0 Å². The number of methoxy groups -OCH3 is 3. The number of benzene rings is 2. The van der Waals surface area contributed by atoms with Crippen LogP contribution in [0.2, 0.25) is 0 Å². The minimum Gasteiger partial charge on any atom is -0.496 e. The molecule has 0 spiro atoms. The average Bonchev–Trinajstić information content (AvgIpc) is 2.64. The standard InChI is InChI=1S/C22H26O5/c1-14(20-18(25-6)12-17(24-5)13-19(20)26-7)15-8-10-16(11-9-15)21(23)27-22(2,3)4/h8-13H,1H2,2-7H3. The molecule has 0 aromatic heterocycles. The Morgan fingerprint density at radius 2 is 1.33 bits per heavy atom. The van der Waals surface area contributed by atoms with E-state index in [2.05, 4.69) is 6.58 Å². The molecule has 0 atom stereocenters. The monoisotopic (exact) mass is 370 g/mol. The fourth-order valence-corrected chi connectivity index (χ4v) is 2.59. The summed E-state index contributed by atoms with van der Waals surface area (Å²) in [6, 6.07) is 10.6. The Balaban J connectivity index is 2.37. The minimum absolute atomic E-state index is 0.362. The summed E-state index contributed by atoms with van der Waals surface area (Å²) in [7, 11) is 4.74. The van der Waals surface area contributed by atoms with Crippen LogP contribution in [-0.4, -0.2) is 32.9 Å². The lowest BCUT2D eigenvalue weighted by molar-refractivity contribution is 0.00695. The van der Waals surface area contributed by atoms with E-state index in [-0.39, 0.29) is 5.97 Å². The highest BCUT2D eigenvalue weighted by Gasteiger charge is 2.20. The van der Waals surface area contributed by atoms with Crippen molar-refractivity contribution in [3.05, 3.63) is 59.7 Å². The molecule has 5 nitrogen and oxygen atoms in total. The van der Waals surface area contributed by atoms with Crippen LogP contribution in [0, 0.1) is 0 Å². The van der Waals surface area contributed by atoms with Crippen molar-refractivity contribution in [1.29, 1.82) is 0 Å². The summed E-state index contributed by atoms with van der Waals surface area (Å²) >= 11 is 0. The molecule has 144 valence electrons. The van der Waals surface area contributed by atoms with E-state index in [1.165, 1.54) is 0 Å². The Morgan fingerprint density at radius 1 is 0.852 bits per heavy atom. The van der Waals surface area contributed by atoms with Crippen LogP contribution in [0.1, 0.15) is 42.3 Å². The maximum absolute atomic E-state index is 12.2. The van der Waals surface area contributed by atoms with E-state index in [4.69, 9.17) is 18.9 Å². The van der Waals surface area contributed by atoms with Crippen molar-refractivity contribution in [2.45, 2.75) is 26.4 Å². The lowest BCUT2D eigenvalue weighted by Crippen LogP contribution is -2.23. The smallest absolute Gasteiger partial charge is 0.338 e. The fourth-order valence-electron chi connectivity index (χ4n) is 2.59. The zero-order chi connectivity index (χ0) is 20.2. The molecule has 0 fully saturated rings. The molecule has 2 aromatic carbocycles. The van der Waals surface area contributed by atoms with E-state index in [1.54, 1.807) is 45.6 Å². The van der Waals surface area contributed by atoms with Gasteiger partial charge in [0.2, 0.25) is 0 Å². The van der Waals surface area contributed by atoms with Gasteiger partial charge in [0.05, 0.1) is 32.5 Å². The van der Waals surface area contributed by atoms with E-state index < -0.39 is 5.60 Å². The minimum atomic E-state index is -0.539. The maximum Gasteiger partial charge on any atom is 0.338 e. The molecule has 0 amide bonds. The SMILES string of the molecule is C=C(c1ccc(C(=O)OC(C)(C)C)cc1)c1c(OC)cc(OC)cc1OC. The van der Waals surface area contributed by atoms with Crippen LogP contribution >= 0.6 is 0 Å². The Labute approximate surface area is 160 Å². The zero-order valence-corrected chi connectivity index (χ0v) is 16.7. The molecule has 0 bridgehead atoms. The van der Waals surface area contributed by atoms with Gasteiger partial charge in [-0.15, -0.1) is 0 Å². The molecule has 0 unspecified atom stereocenters. The molecular weight excluding hydrogens is 344 g/mol. The van der Waals surface area contributed by atoms with Crippen LogP contribution < -0.4 is 14.2 Å². The highest BCUT2D eigenvalue weighted by Crippen LogP contribution is 2.40. The molecule has 0 heterocycles. The Kier molecular flexibility index (Phi) is 6.16. The van der Waals surface area contributed by atoms with Gasteiger partial charge in [-0.05, 0) is 44.0 Å². The molecule has 0 N–H and O–H groups in total. The number of rotatable bonds is 6. The molecule has 0 aliphatic heterocycles. The van der Waals surface area contributed by atoms with Gasteiger partial charge in [0.1, 0.15) is 22.8 Å². The summed E-state index contributed by atoms with van der Waals surface area (Å²) in [5.74, 6) is 1.44. The lowest BCUT2D eigenvalue weighted by atomic mass is 9.96. The van der Waals surface area contributed by atoms with E-state index in [0.717, 1.165) is 11.1 Å². The zero-order valence-electron chi connectivity index (χ0n) is 16.7. The van der Waals surface area contributed by atoms with E-state index in [0.29, 0.717) is 28.4 Å². The molecule has 2 rings (SSSR count). The summed E-state index contributed by atoms with van der Waals surface area (Å²) < 4.78 is 21.7. The van der Waals surface area contributed by atoms with E-state index in [9.17, 15) is 4.79 Å². The maximum atomic E-state index is 12.2. The van der Waals surface area contributed by atoms with Crippen molar-refractivity contribution < 1.29 is 23.7 Å². The molecule has 5 heteroatoms. The van der Waals surface area contributed by atoms with Crippen LogP contribution in [0.5, 0.6) is 17.2 Å². The van der Waals surface area contributed by atoms with Gasteiger partial charge < -0.3 is 18.9 Å². The largest absolute Gasteiger partial charge is 0.496 e. The van der Waals surface area contributed by atoms with Gasteiger partial charge in [0.15, 0.2) is 0 Å². The molecule has 27 heavy (non-hydrogen) atoms. The van der Waals surface area contributed by atoms with Crippen LogP contribution in [-0.2, 0) is 4.74 Å². The number of carbonyl (C=O) groups is 1. The second-order valence-corrected chi connectivity index (χ2v) is 6.96. The summed E-state index contributed by atoms with van der Waals surface area (Å²) in [6.45, 7) is 9.69. The normalized spacial score (nSPS) is 10.9. The van der Waals surface area contributed by atoms with Crippen LogP contribution in [0.15, 0.2) is 43.0 Å². The quantitative estimate of drug-likeness (QED) is 0.688. The molecule has 0 saturated carbocycles. The summed E-state index contributed by atoms with van der Waals surface area (Å²) in [5.41, 5.74) is 2.22. The molecule has 0 aliphatic carbocycles. The second kappa shape index (κ2) is 8.16. The average molecular weight is 370 g/mol. The van der Waals surface area contributed by atoms with Gasteiger partial charge in [0.25, 0.3) is 0 Å². The van der Waals surface area contributed by atoms with Crippen LogP contribution in [0.3, 0.4) is 0 Å². The predicted octanol–water partition coefficient (Wildman–Crippen LogP) is 4.73. The fraction of sp³-hybridized carbons (Fsp3) is 0.318. The molecule has 2 aromatic rings. The van der Waals surface area contributed by atoms with Gasteiger partial charge in [-0.1, -0.05) is 18.7 Å². The highest BCUT2D eigenvalue weighted by molar-refractivity contribution is 5.91. The van der Waals surface area contributed by atoms with Gasteiger partial charge in [-0.2, -0.15) is 0 Å². The summed E-state index contributed by atoms with van der Waals surface area (Å²) in [4.78, 5) is 12.2. The first-order chi connectivity index (χ1) is 12.7. The Morgan fingerprint density at radius 3 is 1.74 bits per heavy atom. The van der Waals surface area contributed by atoms with E-state index >= 15 is 0 Å². The van der Waals surface area contributed by atoms with Gasteiger partial charge in [-0.3, -0.25) is 0 Å². The third-order valence-electron chi connectivity index (χ3n) is 3.88. The van der Waals surface area contributed by atoms with Crippen molar-refractivity contribution >= 4 is 11.5 Å². The summed E-state index contributed by atoms with van der Waals surface area (Å²) in [6.07, 6.45) is 0. The van der Waals surface area contributed by atoms with Gasteiger partial charge in [-0.25, -0.2) is 4.79 Å². The third kappa shape index (κ3) is 4.82. The summed E-state index contributed by atoms with van der Waals surface area (Å²) in [5, 5.41) is 0. The molecule has 0 saturated heterocycles. The van der Waals surface area contributed by atoms with Crippen molar-refractivity contribution in [2.24, 2.45) is 0 Å². The van der Waals surface area contributed by atoms with Crippen molar-refractivity contribution in [1.82, 2.24) is 0 Å². The van der Waals surface area contributed by atoms with Crippen molar-refractivity contribution in [3.63, 3.8) is 0 Å². The number of hydrogen-bond donors (Lipinski definition) is 0. The van der Waals surface area contributed by atoms with Crippen molar-refractivity contribution in [2.75, 3.05) is 21.3 Å². The first-order valence-electron chi connectivity index (χ1n) is 8.53. The Bertz CT molecular complexity index is 804. The van der Waals surface area contributed by atoms with Crippen LogP contribution in [0.25, 0.3) is 5.57 Å². The number of hydrogen-bond acceptors (Lipinski definition) is 5. The molecule has 0 radical (unpaired) electrons. The number of esters is 1. The molecular formula is C22H26O5. The predicted molar refractivity (Wildman–Crippen MR) is 106 cm³/mol. The number of carbonyl (C=O) groups excluding carboxylic acids is 1. The van der Waals surface area contributed by atoms with E-state index in [1.807, 2.05) is 32.9 Å². The highest BCUT2D eigenvalue weighted by atomic mass is 16.6. The molecule has 0 aliphatic rings. The van der Waals surface area contributed by atoms with Crippen LogP contribution in [0.4, 0.5) is 0 Å². The van der Waals surface area contributed by atoms with Crippen molar-refractivity contribution in [3.8, 4) is 17.2 Å².